The summed E-state index contributed by atoms with van der Waals surface area (Å²) >= 11 is 0. The van der Waals surface area contributed by atoms with Crippen LogP contribution in [0.2, 0.25) is 0 Å². The van der Waals surface area contributed by atoms with Crippen LogP contribution in [-0.4, -0.2) is 25.4 Å². The van der Waals surface area contributed by atoms with E-state index in [0.29, 0.717) is 10.9 Å². The van der Waals surface area contributed by atoms with Crippen LogP contribution in [0.3, 0.4) is 0 Å². The number of pyridine rings is 1. The Bertz CT molecular complexity index is 1250. The van der Waals surface area contributed by atoms with Crippen LogP contribution < -0.4 is 11.0 Å². The van der Waals surface area contributed by atoms with Crippen LogP contribution in [0, 0.1) is 6.92 Å². The summed E-state index contributed by atoms with van der Waals surface area (Å²) in [7, 11) is 0. The van der Waals surface area contributed by atoms with Crippen molar-refractivity contribution >= 4 is 34.1 Å². The maximum Gasteiger partial charge on any atom is 0.278 e. The van der Waals surface area contributed by atoms with Crippen molar-refractivity contribution in [3.63, 3.8) is 0 Å². The molecule has 7 heteroatoms. The molecule has 3 heterocycles. The lowest BCUT2D eigenvalue weighted by Gasteiger charge is -1.97. The molecule has 0 aliphatic carbocycles. The molecule has 4 aromatic rings. The van der Waals surface area contributed by atoms with Crippen LogP contribution in [0.25, 0.3) is 34.1 Å². The van der Waals surface area contributed by atoms with Crippen LogP contribution in [0.15, 0.2) is 46.0 Å². The van der Waals surface area contributed by atoms with E-state index in [2.05, 4.69) is 25.4 Å². The lowest BCUT2D eigenvalue weighted by atomic mass is 10.1. The van der Waals surface area contributed by atoms with E-state index in [0.717, 1.165) is 17.0 Å². The highest BCUT2D eigenvalue weighted by atomic mass is 16.1. The minimum Gasteiger partial charge on any atom is -0.320 e. The van der Waals surface area contributed by atoms with Crippen molar-refractivity contribution in [3.05, 3.63) is 73.9 Å². The van der Waals surface area contributed by atoms with Gasteiger partial charge in [-0.3, -0.25) is 14.6 Å². The smallest absolute Gasteiger partial charge is 0.278 e. The molecule has 25 heavy (non-hydrogen) atoms. The van der Waals surface area contributed by atoms with Crippen LogP contribution in [0.5, 0.6) is 0 Å². The lowest BCUT2D eigenvalue weighted by Crippen LogP contribution is -2.02. The van der Waals surface area contributed by atoms with E-state index < -0.39 is 5.56 Å². The molecule has 0 saturated heterocycles. The van der Waals surface area contributed by atoms with Crippen molar-refractivity contribution in [2.24, 2.45) is 0 Å². The standard InChI is InChI=1S/C18H13N5O2/c1-10-3-2-4-12(19-10)7-5-11-6-8-13-14(9-11)20-18(25)16-15(17(13)24)21-23-22-16/h2-9H,1H3,(H,20,25)(H,21,22,23)/b7-5+. The Hall–Kier alpha value is -3.61. The molecule has 0 atom stereocenters. The Morgan fingerprint density at radius 3 is 2.68 bits per heavy atom. The first-order valence-electron chi connectivity index (χ1n) is 7.64. The molecule has 1 aromatic carbocycles. The number of aromatic amines is 2. The van der Waals surface area contributed by atoms with Gasteiger partial charge in [0.2, 0.25) is 5.43 Å². The van der Waals surface area contributed by atoms with E-state index in [1.54, 1.807) is 18.2 Å². The van der Waals surface area contributed by atoms with Crippen LogP contribution in [0.1, 0.15) is 17.0 Å². The molecule has 4 rings (SSSR count). The fourth-order valence-electron chi connectivity index (χ4n) is 2.66. The van der Waals surface area contributed by atoms with Gasteiger partial charge in [0, 0.05) is 11.1 Å². The molecule has 0 bridgehead atoms. The Labute approximate surface area is 141 Å². The van der Waals surface area contributed by atoms with Gasteiger partial charge in [0.15, 0.2) is 11.0 Å². The lowest BCUT2D eigenvalue weighted by molar-refractivity contribution is 0.955. The van der Waals surface area contributed by atoms with Gasteiger partial charge in [-0.15, -0.1) is 0 Å². The first-order valence-corrected chi connectivity index (χ1v) is 7.64. The summed E-state index contributed by atoms with van der Waals surface area (Å²) in [6, 6.07) is 11.0. The fraction of sp³-hybridized carbons (Fsp3) is 0.0556. The molecule has 7 nitrogen and oxygen atoms in total. The van der Waals surface area contributed by atoms with Crippen molar-refractivity contribution in [2.75, 3.05) is 0 Å². The normalized spacial score (nSPS) is 11.6. The summed E-state index contributed by atoms with van der Waals surface area (Å²) in [5.74, 6) is 0. The maximum atomic E-state index is 12.5. The van der Waals surface area contributed by atoms with Crippen molar-refractivity contribution in [1.29, 1.82) is 0 Å². The number of aryl methyl sites for hydroxylation is 1. The zero-order valence-corrected chi connectivity index (χ0v) is 13.3. The minimum atomic E-state index is -0.461. The molecule has 0 saturated carbocycles. The van der Waals surface area contributed by atoms with Crippen molar-refractivity contribution in [1.82, 2.24) is 25.4 Å². The van der Waals surface area contributed by atoms with Gasteiger partial charge in [-0.05, 0) is 42.8 Å². The topological polar surface area (TPSA) is 104 Å². The molecule has 122 valence electrons. The van der Waals surface area contributed by atoms with Crippen molar-refractivity contribution in [2.45, 2.75) is 6.92 Å². The zero-order chi connectivity index (χ0) is 17.4. The van der Waals surface area contributed by atoms with Crippen LogP contribution >= 0.6 is 0 Å². The van der Waals surface area contributed by atoms with Gasteiger partial charge < -0.3 is 4.98 Å². The highest BCUT2D eigenvalue weighted by Crippen LogP contribution is 2.13. The molecule has 0 spiro atoms. The highest BCUT2D eigenvalue weighted by molar-refractivity contribution is 5.88. The number of hydrogen-bond acceptors (Lipinski definition) is 5. The maximum absolute atomic E-state index is 12.5. The second kappa shape index (κ2) is 5.79. The summed E-state index contributed by atoms with van der Waals surface area (Å²) in [5.41, 5.74) is 2.28. The third-order valence-corrected chi connectivity index (χ3v) is 3.87. The molecular formula is C18H13N5O2. The monoisotopic (exact) mass is 331 g/mol. The average Bonchev–Trinajstić information content (AvgIpc) is 3.06. The summed E-state index contributed by atoms with van der Waals surface area (Å²) < 4.78 is 0. The van der Waals surface area contributed by atoms with Crippen LogP contribution in [-0.2, 0) is 0 Å². The van der Waals surface area contributed by atoms with Gasteiger partial charge in [0.25, 0.3) is 5.56 Å². The summed E-state index contributed by atoms with van der Waals surface area (Å²) in [6.07, 6.45) is 3.75. The number of aromatic nitrogens is 5. The van der Waals surface area contributed by atoms with Gasteiger partial charge in [-0.2, -0.15) is 15.4 Å². The predicted octanol–water partition coefficient (Wildman–Crippen LogP) is 2.03. The minimum absolute atomic E-state index is 0.00209. The summed E-state index contributed by atoms with van der Waals surface area (Å²) in [5, 5.41) is 10.2. The summed E-state index contributed by atoms with van der Waals surface area (Å²) in [4.78, 5) is 31.8. The van der Waals surface area contributed by atoms with Crippen molar-refractivity contribution < 1.29 is 0 Å². The molecule has 0 fully saturated rings. The number of H-pyrrole nitrogens is 2. The van der Waals surface area contributed by atoms with E-state index in [1.807, 2.05) is 37.3 Å². The highest BCUT2D eigenvalue weighted by Gasteiger charge is 2.09. The fourth-order valence-corrected chi connectivity index (χ4v) is 2.66. The largest absolute Gasteiger partial charge is 0.320 e. The van der Waals surface area contributed by atoms with E-state index in [-0.39, 0.29) is 16.5 Å². The first-order chi connectivity index (χ1) is 12.1. The van der Waals surface area contributed by atoms with Crippen LogP contribution in [0.4, 0.5) is 0 Å². The molecule has 0 aliphatic rings. The van der Waals surface area contributed by atoms with Crippen molar-refractivity contribution in [3.8, 4) is 0 Å². The Balaban J connectivity index is 1.87. The first kappa shape index (κ1) is 14.9. The molecule has 2 N–H and O–H groups in total. The number of rotatable bonds is 2. The Kier molecular flexibility index (Phi) is 3.46. The Morgan fingerprint density at radius 1 is 1.00 bits per heavy atom. The summed E-state index contributed by atoms with van der Waals surface area (Å²) in [6.45, 7) is 1.93. The number of nitrogens with one attached hydrogen (secondary N) is 2. The van der Waals surface area contributed by atoms with Gasteiger partial charge in [-0.1, -0.05) is 18.2 Å². The van der Waals surface area contributed by atoms with E-state index in [9.17, 15) is 9.59 Å². The Morgan fingerprint density at radius 2 is 1.84 bits per heavy atom. The molecule has 0 radical (unpaired) electrons. The second-order valence-electron chi connectivity index (χ2n) is 5.65. The average molecular weight is 331 g/mol. The third-order valence-electron chi connectivity index (χ3n) is 3.87. The molecular weight excluding hydrogens is 318 g/mol. The quantitative estimate of drug-likeness (QED) is 0.585. The van der Waals surface area contributed by atoms with Gasteiger partial charge in [0.1, 0.15) is 0 Å². The number of fused-ring (bicyclic) bond motifs is 2. The molecule has 0 aliphatic heterocycles. The van der Waals surface area contributed by atoms with E-state index in [1.165, 1.54) is 0 Å². The molecule has 3 aromatic heterocycles. The van der Waals surface area contributed by atoms with E-state index >= 15 is 0 Å². The SMILES string of the molecule is Cc1cccc(/C=C/c2ccc3c(=O)c4n[nH]nc4c(=O)[nH]c3c2)n1. The molecule has 0 amide bonds. The zero-order valence-electron chi connectivity index (χ0n) is 13.3. The third kappa shape index (κ3) is 2.72. The van der Waals surface area contributed by atoms with E-state index in [4.69, 9.17) is 0 Å². The number of benzene rings is 1. The second-order valence-corrected chi connectivity index (χ2v) is 5.65. The number of hydrogen-bond donors (Lipinski definition) is 2. The molecule has 0 unspecified atom stereocenters. The van der Waals surface area contributed by atoms with Gasteiger partial charge >= 0.3 is 0 Å². The predicted molar refractivity (Wildman–Crippen MR) is 96.2 cm³/mol. The number of nitrogens with zero attached hydrogens (tertiary/aromatic N) is 3. The van der Waals surface area contributed by atoms with Gasteiger partial charge in [0.05, 0.1) is 11.2 Å². The van der Waals surface area contributed by atoms with Gasteiger partial charge in [-0.25, -0.2) is 0 Å².